The number of aryl methyl sites for hydroxylation is 1. The molecule has 0 fully saturated rings. The van der Waals surface area contributed by atoms with Crippen LogP contribution >= 0.6 is 22.9 Å². The second-order valence-corrected chi connectivity index (χ2v) is 7.17. The average molecular weight is 378 g/mol. The predicted molar refractivity (Wildman–Crippen MR) is 97.6 cm³/mol. The molecule has 0 bridgehead atoms. The SMILES string of the molecule is Cc1nn(Cc2ccc(F)cc2)c(Cl)c1C(=O)N(C)Cc1cccs1. The molecule has 7 heteroatoms. The first-order chi connectivity index (χ1) is 12.0. The highest BCUT2D eigenvalue weighted by Crippen LogP contribution is 2.23. The van der Waals surface area contributed by atoms with Gasteiger partial charge in [0.05, 0.1) is 24.3 Å². The first kappa shape index (κ1) is 17.6. The van der Waals surface area contributed by atoms with Crippen molar-refractivity contribution in [3.05, 3.63) is 74.4 Å². The molecule has 0 unspecified atom stereocenters. The van der Waals surface area contributed by atoms with Gasteiger partial charge in [-0.05, 0) is 36.1 Å². The predicted octanol–water partition coefficient (Wildman–Crippen LogP) is 4.37. The summed E-state index contributed by atoms with van der Waals surface area (Å²) in [6.07, 6.45) is 0. The Balaban J connectivity index is 1.81. The molecule has 0 aliphatic heterocycles. The molecule has 0 radical (unpaired) electrons. The Labute approximate surface area is 154 Å². The maximum Gasteiger partial charge on any atom is 0.258 e. The number of rotatable bonds is 5. The molecule has 0 N–H and O–H groups in total. The summed E-state index contributed by atoms with van der Waals surface area (Å²) < 4.78 is 14.6. The number of amides is 1. The monoisotopic (exact) mass is 377 g/mol. The van der Waals surface area contributed by atoms with Crippen molar-refractivity contribution in [3.63, 3.8) is 0 Å². The van der Waals surface area contributed by atoms with Gasteiger partial charge in [-0.25, -0.2) is 9.07 Å². The van der Waals surface area contributed by atoms with E-state index in [0.717, 1.165) is 10.4 Å². The summed E-state index contributed by atoms with van der Waals surface area (Å²) in [6, 6.07) is 10.1. The van der Waals surface area contributed by atoms with Crippen molar-refractivity contribution >= 4 is 28.8 Å². The third-order valence-electron chi connectivity index (χ3n) is 3.84. The Hall–Kier alpha value is -2.18. The van der Waals surface area contributed by atoms with Crippen molar-refractivity contribution in [2.45, 2.75) is 20.0 Å². The summed E-state index contributed by atoms with van der Waals surface area (Å²) in [7, 11) is 1.75. The number of carbonyl (C=O) groups is 1. The normalized spacial score (nSPS) is 10.9. The quantitative estimate of drug-likeness (QED) is 0.662. The van der Waals surface area contributed by atoms with E-state index in [1.165, 1.54) is 12.1 Å². The molecule has 0 saturated heterocycles. The van der Waals surface area contributed by atoms with Crippen LogP contribution in [0.15, 0.2) is 41.8 Å². The van der Waals surface area contributed by atoms with E-state index in [1.807, 2.05) is 17.5 Å². The molecule has 0 spiro atoms. The Morgan fingerprint density at radius 2 is 2.04 bits per heavy atom. The topological polar surface area (TPSA) is 38.1 Å². The second-order valence-electron chi connectivity index (χ2n) is 5.78. The van der Waals surface area contributed by atoms with Gasteiger partial charge in [0.1, 0.15) is 11.0 Å². The van der Waals surface area contributed by atoms with Crippen LogP contribution in [0.4, 0.5) is 4.39 Å². The van der Waals surface area contributed by atoms with Crippen molar-refractivity contribution in [3.8, 4) is 0 Å². The molecule has 0 saturated carbocycles. The van der Waals surface area contributed by atoms with Crippen molar-refractivity contribution in [1.82, 2.24) is 14.7 Å². The Morgan fingerprint density at radius 1 is 1.32 bits per heavy atom. The number of carbonyl (C=O) groups excluding carboxylic acids is 1. The molecule has 0 aliphatic rings. The minimum absolute atomic E-state index is 0.166. The van der Waals surface area contributed by atoms with Gasteiger partial charge >= 0.3 is 0 Å². The van der Waals surface area contributed by atoms with E-state index in [2.05, 4.69) is 5.10 Å². The van der Waals surface area contributed by atoms with Crippen molar-refractivity contribution in [1.29, 1.82) is 0 Å². The molecule has 1 aromatic carbocycles. The molecule has 2 heterocycles. The van der Waals surface area contributed by atoms with Crippen LogP contribution in [0.2, 0.25) is 5.15 Å². The molecular weight excluding hydrogens is 361 g/mol. The zero-order valence-corrected chi connectivity index (χ0v) is 15.4. The van der Waals surface area contributed by atoms with Gasteiger partial charge in [0, 0.05) is 11.9 Å². The number of hydrogen-bond acceptors (Lipinski definition) is 3. The zero-order chi connectivity index (χ0) is 18.0. The fourth-order valence-corrected chi connectivity index (χ4v) is 3.64. The molecule has 25 heavy (non-hydrogen) atoms. The Kier molecular flexibility index (Phi) is 5.20. The van der Waals surface area contributed by atoms with Crippen LogP contribution in [0.5, 0.6) is 0 Å². The summed E-state index contributed by atoms with van der Waals surface area (Å²) in [5.74, 6) is -0.459. The van der Waals surface area contributed by atoms with Crippen LogP contribution < -0.4 is 0 Å². The smallest absolute Gasteiger partial charge is 0.258 e. The summed E-state index contributed by atoms with van der Waals surface area (Å²) in [5.41, 5.74) is 1.84. The number of halogens is 2. The summed E-state index contributed by atoms with van der Waals surface area (Å²) in [5, 5.41) is 6.65. The van der Waals surface area contributed by atoms with Crippen molar-refractivity contribution in [2.75, 3.05) is 7.05 Å². The van der Waals surface area contributed by atoms with Gasteiger partial charge in [-0.2, -0.15) is 5.10 Å². The van der Waals surface area contributed by atoms with Gasteiger partial charge in [0.2, 0.25) is 0 Å². The molecule has 2 aromatic heterocycles. The average Bonchev–Trinajstić information content (AvgIpc) is 3.17. The molecule has 0 aliphatic carbocycles. The second kappa shape index (κ2) is 7.37. The minimum atomic E-state index is -0.294. The molecule has 3 rings (SSSR count). The first-order valence-corrected chi connectivity index (χ1v) is 8.96. The van der Waals surface area contributed by atoms with Gasteiger partial charge < -0.3 is 4.90 Å². The highest BCUT2D eigenvalue weighted by atomic mass is 35.5. The number of thiophene rings is 1. The van der Waals surface area contributed by atoms with Crippen LogP contribution in [-0.2, 0) is 13.1 Å². The summed E-state index contributed by atoms with van der Waals surface area (Å²) in [4.78, 5) is 15.5. The Morgan fingerprint density at radius 3 is 2.68 bits per heavy atom. The molecular formula is C18H17ClFN3OS. The number of aromatic nitrogens is 2. The van der Waals surface area contributed by atoms with Crippen LogP contribution in [0.3, 0.4) is 0 Å². The first-order valence-electron chi connectivity index (χ1n) is 7.71. The van der Waals surface area contributed by atoms with Gasteiger partial charge in [-0.15, -0.1) is 11.3 Å². The number of hydrogen-bond donors (Lipinski definition) is 0. The Bertz CT molecular complexity index is 875. The zero-order valence-electron chi connectivity index (χ0n) is 13.9. The lowest BCUT2D eigenvalue weighted by Gasteiger charge is -2.16. The fraction of sp³-hybridized carbons (Fsp3) is 0.222. The van der Waals surface area contributed by atoms with Gasteiger partial charge in [-0.3, -0.25) is 4.79 Å². The summed E-state index contributed by atoms with van der Waals surface area (Å²) >= 11 is 8.02. The van der Waals surface area contributed by atoms with Crippen molar-refractivity contribution < 1.29 is 9.18 Å². The van der Waals surface area contributed by atoms with Crippen molar-refractivity contribution in [2.24, 2.45) is 0 Å². The van der Waals surface area contributed by atoms with Crippen LogP contribution in [0.1, 0.15) is 26.5 Å². The maximum absolute atomic E-state index is 13.0. The van der Waals surface area contributed by atoms with E-state index >= 15 is 0 Å². The number of benzene rings is 1. The van der Waals surface area contributed by atoms with Crippen LogP contribution in [0.25, 0.3) is 0 Å². The highest BCUT2D eigenvalue weighted by molar-refractivity contribution is 7.09. The van der Waals surface area contributed by atoms with E-state index in [1.54, 1.807) is 47.0 Å². The third-order valence-corrected chi connectivity index (χ3v) is 5.09. The molecule has 130 valence electrons. The van der Waals surface area contributed by atoms with E-state index in [-0.39, 0.29) is 11.7 Å². The fourth-order valence-electron chi connectivity index (χ4n) is 2.56. The summed E-state index contributed by atoms with van der Waals surface area (Å²) in [6.45, 7) is 2.66. The van der Waals surface area contributed by atoms with Gasteiger partial charge in [0.25, 0.3) is 5.91 Å². The molecule has 3 aromatic rings. The highest BCUT2D eigenvalue weighted by Gasteiger charge is 2.23. The van der Waals surface area contributed by atoms with Gasteiger partial charge in [0.15, 0.2) is 0 Å². The number of nitrogens with zero attached hydrogens (tertiary/aromatic N) is 3. The largest absolute Gasteiger partial charge is 0.336 e. The third kappa shape index (κ3) is 3.91. The lowest BCUT2D eigenvalue weighted by molar-refractivity contribution is 0.0786. The lowest BCUT2D eigenvalue weighted by atomic mass is 10.2. The lowest BCUT2D eigenvalue weighted by Crippen LogP contribution is -2.26. The van der Waals surface area contributed by atoms with Crippen LogP contribution in [-0.4, -0.2) is 27.6 Å². The van der Waals surface area contributed by atoms with E-state index in [4.69, 9.17) is 11.6 Å². The van der Waals surface area contributed by atoms with E-state index in [9.17, 15) is 9.18 Å². The van der Waals surface area contributed by atoms with Gasteiger partial charge in [-0.1, -0.05) is 29.8 Å². The van der Waals surface area contributed by atoms with Crippen LogP contribution in [0, 0.1) is 12.7 Å². The van der Waals surface area contributed by atoms with E-state index < -0.39 is 0 Å². The standard InChI is InChI=1S/C18H17ClFN3OS/c1-12-16(18(24)22(2)11-15-4-3-9-25-15)17(19)23(21-12)10-13-5-7-14(20)8-6-13/h3-9H,10-11H2,1-2H3. The molecule has 4 nitrogen and oxygen atoms in total. The van der Waals surface area contributed by atoms with E-state index in [0.29, 0.717) is 29.5 Å². The minimum Gasteiger partial charge on any atom is -0.336 e. The molecule has 1 amide bonds. The maximum atomic E-state index is 13.0. The molecule has 0 atom stereocenters.